The summed E-state index contributed by atoms with van der Waals surface area (Å²) in [5.41, 5.74) is 6.72. The van der Waals surface area contributed by atoms with E-state index in [0.29, 0.717) is 18.2 Å². The summed E-state index contributed by atoms with van der Waals surface area (Å²) >= 11 is 5.11. The van der Waals surface area contributed by atoms with Crippen molar-refractivity contribution in [2.24, 2.45) is 5.73 Å². The number of hydrogen-bond acceptors (Lipinski definition) is 3. The Kier molecular flexibility index (Phi) is 4.04. The van der Waals surface area contributed by atoms with E-state index in [1.54, 1.807) is 12.1 Å². The molecule has 1 saturated heterocycles. The summed E-state index contributed by atoms with van der Waals surface area (Å²) in [4.78, 5) is 2.58. The lowest BCUT2D eigenvalue weighted by Crippen LogP contribution is -2.43. The molecule has 0 saturated carbocycles. The van der Waals surface area contributed by atoms with Crippen LogP contribution in [0.15, 0.2) is 24.3 Å². The standard InChI is InChI=1S/C12H15FN2OS/c13-10-3-1-9(2-4-10)11(12(14)17)15-5-7-16-8-6-15/h1-4,11H,5-8H2,(H2,14,17). The van der Waals surface area contributed by atoms with Gasteiger partial charge in [-0.3, -0.25) is 4.90 Å². The normalized spacial score (nSPS) is 18.9. The highest BCUT2D eigenvalue weighted by Gasteiger charge is 2.24. The molecule has 17 heavy (non-hydrogen) atoms. The van der Waals surface area contributed by atoms with E-state index in [-0.39, 0.29) is 11.9 Å². The van der Waals surface area contributed by atoms with E-state index in [1.165, 1.54) is 12.1 Å². The Labute approximate surface area is 105 Å². The van der Waals surface area contributed by atoms with E-state index in [0.717, 1.165) is 18.7 Å². The van der Waals surface area contributed by atoms with Gasteiger partial charge in [0.25, 0.3) is 0 Å². The number of morpholine rings is 1. The average Bonchev–Trinajstić information content (AvgIpc) is 2.33. The summed E-state index contributed by atoms with van der Waals surface area (Å²) in [5.74, 6) is -0.252. The second-order valence-corrected chi connectivity index (χ2v) is 4.48. The van der Waals surface area contributed by atoms with Crippen molar-refractivity contribution in [1.29, 1.82) is 0 Å². The molecule has 1 heterocycles. The number of halogens is 1. The first kappa shape index (κ1) is 12.4. The van der Waals surface area contributed by atoms with Gasteiger partial charge in [0.05, 0.1) is 24.2 Å². The minimum atomic E-state index is -0.252. The third-order valence-electron chi connectivity index (χ3n) is 2.87. The summed E-state index contributed by atoms with van der Waals surface area (Å²) < 4.78 is 18.2. The zero-order valence-corrected chi connectivity index (χ0v) is 10.3. The lowest BCUT2D eigenvalue weighted by molar-refractivity contribution is 0.0289. The Hall–Kier alpha value is -1.04. The molecular formula is C12H15FN2OS. The molecule has 1 aliphatic heterocycles. The number of thiocarbonyl (C=S) groups is 1. The Balaban J connectivity index is 2.21. The van der Waals surface area contributed by atoms with Gasteiger partial charge in [-0.1, -0.05) is 24.4 Å². The molecule has 0 aliphatic carbocycles. The van der Waals surface area contributed by atoms with Crippen molar-refractivity contribution >= 4 is 17.2 Å². The van der Waals surface area contributed by atoms with Gasteiger partial charge in [0.2, 0.25) is 0 Å². The third-order valence-corrected chi connectivity index (χ3v) is 3.09. The Morgan fingerprint density at radius 1 is 1.29 bits per heavy atom. The molecule has 0 bridgehead atoms. The molecule has 1 atom stereocenters. The van der Waals surface area contributed by atoms with Crippen LogP contribution in [0.2, 0.25) is 0 Å². The van der Waals surface area contributed by atoms with Gasteiger partial charge in [0, 0.05) is 13.1 Å². The van der Waals surface area contributed by atoms with E-state index in [2.05, 4.69) is 4.90 Å². The van der Waals surface area contributed by atoms with Gasteiger partial charge in [-0.2, -0.15) is 0 Å². The van der Waals surface area contributed by atoms with Crippen molar-refractivity contribution < 1.29 is 9.13 Å². The van der Waals surface area contributed by atoms with Crippen LogP contribution < -0.4 is 5.73 Å². The van der Waals surface area contributed by atoms with Gasteiger partial charge in [0.15, 0.2) is 0 Å². The van der Waals surface area contributed by atoms with E-state index in [4.69, 9.17) is 22.7 Å². The second kappa shape index (κ2) is 5.53. The summed E-state index contributed by atoms with van der Waals surface area (Å²) in [6.45, 7) is 2.94. The molecular weight excluding hydrogens is 239 g/mol. The van der Waals surface area contributed by atoms with Crippen LogP contribution in [-0.2, 0) is 4.74 Å². The molecule has 1 aromatic carbocycles. The number of rotatable bonds is 3. The predicted octanol–water partition coefficient (Wildman–Crippen LogP) is 1.49. The molecule has 0 amide bonds. The molecule has 0 aromatic heterocycles. The first-order valence-corrected chi connectivity index (χ1v) is 5.96. The third kappa shape index (κ3) is 3.00. The maximum absolute atomic E-state index is 12.9. The van der Waals surface area contributed by atoms with Crippen LogP contribution in [0.5, 0.6) is 0 Å². The van der Waals surface area contributed by atoms with Gasteiger partial charge in [-0.25, -0.2) is 4.39 Å². The van der Waals surface area contributed by atoms with Gasteiger partial charge in [0.1, 0.15) is 5.82 Å². The average molecular weight is 254 g/mol. The molecule has 2 rings (SSSR count). The largest absolute Gasteiger partial charge is 0.392 e. The zero-order chi connectivity index (χ0) is 12.3. The van der Waals surface area contributed by atoms with E-state index >= 15 is 0 Å². The van der Waals surface area contributed by atoms with Crippen molar-refractivity contribution in [3.05, 3.63) is 35.6 Å². The molecule has 5 heteroatoms. The fraction of sp³-hybridized carbons (Fsp3) is 0.417. The first-order valence-electron chi connectivity index (χ1n) is 5.55. The fourth-order valence-corrected chi connectivity index (χ4v) is 2.32. The minimum absolute atomic E-state index is 0.130. The molecule has 1 aliphatic rings. The highest BCUT2D eigenvalue weighted by atomic mass is 32.1. The summed E-state index contributed by atoms with van der Waals surface area (Å²) in [7, 11) is 0. The highest BCUT2D eigenvalue weighted by Crippen LogP contribution is 2.22. The van der Waals surface area contributed by atoms with E-state index < -0.39 is 0 Å². The molecule has 2 N–H and O–H groups in total. The zero-order valence-electron chi connectivity index (χ0n) is 9.43. The van der Waals surface area contributed by atoms with Crippen LogP contribution in [0.3, 0.4) is 0 Å². The van der Waals surface area contributed by atoms with Gasteiger partial charge in [-0.15, -0.1) is 0 Å². The molecule has 0 spiro atoms. The maximum Gasteiger partial charge on any atom is 0.123 e. The number of hydrogen-bond donors (Lipinski definition) is 1. The molecule has 1 fully saturated rings. The van der Waals surface area contributed by atoms with E-state index in [9.17, 15) is 4.39 Å². The van der Waals surface area contributed by atoms with Crippen molar-refractivity contribution in [3.8, 4) is 0 Å². The monoisotopic (exact) mass is 254 g/mol. The van der Waals surface area contributed by atoms with Crippen molar-refractivity contribution in [3.63, 3.8) is 0 Å². The topological polar surface area (TPSA) is 38.5 Å². The Morgan fingerprint density at radius 2 is 1.88 bits per heavy atom. The summed E-state index contributed by atoms with van der Waals surface area (Å²) in [5, 5.41) is 0. The maximum atomic E-state index is 12.9. The van der Waals surface area contributed by atoms with E-state index in [1.807, 2.05) is 0 Å². The number of nitrogens with zero attached hydrogens (tertiary/aromatic N) is 1. The van der Waals surface area contributed by atoms with Crippen LogP contribution in [0, 0.1) is 5.82 Å². The van der Waals surface area contributed by atoms with Crippen LogP contribution in [0.1, 0.15) is 11.6 Å². The van der Waals surface area contributed by atoms with Crippen LogP contribution in [-0.4, -0.2) is 36.2 Å². The molecule has 3 nitrogen and oxygen atoms in total. The SMILES string of the molecule is NC(=S)C(c1ccc(F)cc1)N1CCOCC1. The van der Waals surface area contributed by atoms with Gasteiger partial charge >= 0.3 is 0 Å². The summed E-state index contributed by atoms with van der Waals surface area (Å²) in [6, 6.07) is 6.19. The lowest BCUT2D eigenvalue weighted by Gasteiger charge is -2.34. The van der Waals surface area contributed by atoms with Crippen LogP contribution in [0.25, 0.3) is 0 Å². The van der Waals surface area contributed by atoms with Crippen molar-refractivity contribution in [2.45, 2.75) is 6.04 Å². The van der Waals surface area contributed by atoms with Crippen LogP contribution >= 0.6 is 12.2 Å². The quantitative estimate of drug-likeness (QED) is 0.829. The number of ether oxygens (including phenoxy) is 1. The van der Waals surface area contributed by atoms with Crippen LogP contribution in [0.4, 0.5) is 4.39 Å². The molecule has 92 valence electrons. The predicted molar refractivity (Wildman–Crippen MR) is 68.3 cm³/mol. The summed E-state index contributed by atoms with van der Waals surface area (Å²) in [6.07, 6.45) is 0. The van der Waals surface area contributed by atoms with Gasteiger partial charge in [-0.05, 0) is 17.7 Å². The van der Waals surface area contributed by atoms with Gasteiger partial charge < -0.3 is 10.5 Å². The minimum Gasteiger partial charge on any atom is -0.392 e. The molecule has 1 unspecified atom stereocenters. The number of benzene rings is 1. The van der Waals surface area contributed by atoms with Crippen molar-refractivity contribution in [2.75, 3.05) is 26.3 Å². The Morgan fingerprint density at radius 3 is 2.41 bits per heavy atom. The smallest absolute Gasteiger partial charge is 0.123 e. The Bertz CT molecular complexity index is 390. The molecule has 0 radical (unpaired) electrons. The highest BCUT2D eigenvalue weighted by molar-refractivity contribution is 7.80. The number of nitrogens with two attached hydrogens (primary N) is 1. The molecule has 1 aromatic rings. The fourth-order valence-electron chi connectivity index (χ4n) is 2.04. The lowest BCUT2D eigenvalue weighted by atomic mass is 10.0. The second-order valence-electron chi connectivity index (χ2n) is 4.00. The first-order chi connectivity index (χ1) is 8.18. The van der Waals surface area contributed by atoms with Crippen molar-refractivity contribution in [1.82, 2.24) is 4.90 Å².